The number of para-hydroxylation sites is 1. The SMILES string of the molecule is CC1CCCCC1Nc1cnn(-c2ccccc2)c(=O)c1Cl. The zero-order valence-corrected chi connectivity index (χ0v) is 13.4. The minimum Gasteiger partial charge on any atom is -0.379 e. The number of aromatic nitrogens is 2. The molecular weight excluding hydrogens is 298 g/mol. The molecule has 0 saturated heterocycles. The van der Waals surface area contributed by atoms with E-state index >= 15 is 0 Å². The maximum atomic E-state index is 12.4. The van der Waals surface area contributed by atoms with E-state index in [1.807, 2.05) is 30.3 Å². The van der Waals surface area contributed by atoms with Crippen molar-refractivity contribution in [1.82, 2.24) is 9.78 Å². The molecule has 2 unspecified atom stereocenters. The van der Waals surface area contributed by atoms with Crippen LogP contribution in [0.5, 0.6) is 0 Å². The maximum absolute atomic E-state index is 12.4. The van der Waals surface area contributed by atoms with E-state index in [1.165, 1.54) is 23.9 Å². The molecule has 116 valence electrons. The van der Waals surface area contributed by atoms with Gasteiger partial charge in [-0.3, -0.25) is 4.79 Å². The van der Waals surface area contributed by atoms with Crippen LogP contribution in [0.25, 0.3) is 5.69 Å². The minimum absolute atomic E-state index is 0.205. The molecule has 0 amide bonds. The average Bonchev–Trinajstić information content (AvgIpc) is 2.55. The Morgan fingerprint density at radius 3 is 2.68 bits per heavy atom. The van der Waals surface area contributed by atoms with Gasteiger partial charge >= 0.3 is 0 Å². The van der Waals surface area contributed by atoms with Crippen molar-refractivity contribution in [3.63, 3.8) is 0 Å². The highest BCUT2D eigenvalue weighted by atomic mass is 35.5. The molecule has 5 heteroatoms. The van der Waals surface area contributed by atoms with Gasteiger partial charge in [-0.25, -0.2) is 0 Å². The Hall–Kier alpha value is -1.81. The van der Waals surface area contributed by atoms with Crippen molar-refractivity contribution in [2.75, 3.05) is 5.32 Å². The topological polar surface area (TPSA) is 46.9 Å². The van der Waals surface area contributed by atoms with Crippen molar-refractivity contribution >= 4 is 17.3 Å². The molecule has 1 fully saturated rings. The summed E-state index contributed by atoms with van der Waals surface area (Å²) in [7, 11) is 0. The van der Waals surface area contributed by atoms with Crippen LogP contribution >= 0.6 is 11.6 Å². The molecule has 1 aromatic carbocycles. The smallest absolute Gasteiger partial charge is 0.292 e. The summed E-state index contributed by atoms with van der Waals surface area (Å²) in [6.45, 7) is 2.24. The first kappa shape index (κ1) is 15.1. The molecule has 1 saturated carbocycles. The molecule has 0 aliphatic heterocycles. The third-order valence-corrected chi connectivity index (χ3v) is 4.74. The van der Waals surface area contributed by atoms with Crippen molar-refractivity contribution in [2.24, 2.45) is 5.92 Å². The third kappa shape index (κ3) is 3.02. The molecule has 4 nitrogen and oxygen atoms in total. The van der Waals surface area contributed by atoms with Gasteiger partial charge in [-0.05, 0) is 30.9 Å². The highest BCUT2D eigenvalue weighted by Gasteiger charge is 2.22. The Kier molecular flexibility index (Phi) is 4.48. The van der Waals surface area contributed by atoms with Crippen LogP contribution in [0.2, 0.25) is 5.02 Å². The molecule has 1 N–H and O–H groups in total. The number of benzene rings is 1. The molecule has 3 rings (SSSR count). The van der Waals surface area contributed by atoms with E-state index in [4.69, 9.17) is 11.6 Å². The minimum atomic E-state index is -0.290. The monoisotopic (exact) mass is 317 g/mol. The number of anilines is 1. The summed E-state index contributed by atoms with van der Waals surface area (Å²) in [6.07, 6.45) is 6.47. The largest absolute Gasteiger partial charge is 0.379 e. The first-order chi connectivity index (χ1) is 10.7. The van der Waals surface area contributed by atoms with Gasteiger partial charge in [0.2, 0.25) is 0 Å². The van der Waals surface area contributed by atoms with Gasteiger partial charge in [-0.2, -0.15) is 9.78 Å². The van der Waals surface area contributed by atoms with Crippen LogP contribution in [0, 0.1) is 5.92 Å². The summed E-state index contributed by atoms with van der Waals surface area (Å²) < 4.78 is 1.33. The van der Waals surface area contributed by atoms with E-state index < -0.39 is 0 Å². The summed E-state index contributed by atoms with van der Waals surface area (Å²) in [5.74, 6) is 0.585. The molecule has 2 atom stereocenters. The number of rotatable bonds is 3. The van der Waals surface area contributed by atoms with Gasteiger partial charge in [0.05, 0.1) is 17.6 Å². The molecular formula is C17H20ClN3O. The van der Waals surface area contributed by atoms with Gasteiger partial charge in [-0.15, -0.1) is 0 Å². The van der Waals surface area contributed by atoms with Crippen LogP contribution in [0.4, 0.5) is 5.69 Å². The fraction of sp³-hybridized carbons (Fsp3) is 0.412. The van der Waals surface area contributed by atoms with E-state index in [1.54, 1.807) is 6.20 Å². The molecule has 0 bridgehead atoms. The molecule has 1 heterocycles. The Morgan fingerprint density at radius 1 is 1.23 bits per heavy atom. The predicted octanol–water partition coefficient (Wildman–Crippen LogP) is 3.88. The predicted molar refractivity (Wildman–Crippen MR) is 89.9 cm³/mol. The molecule has 2 aromatic rings. The first-order valence-corrected chi connectivity index (χ1v) is 8.14. The van der Waals surface area contributed by atoms with Crippen LogP contribution in [0.3, 0.4) is 0 Å². The van der Waals surface area contributed by atoms with E-state index in [0.717, 1.165) is 6.42 Å². The average molecular weight is 318 g/mol. The van der Waals surface area contributed by atoms with Crippen molar-refractivity contribution in [1.29, 1.82) is 0 Å². The number of nitrogens with one attached hydrogen (secondary N) is 1. The van der Waals surface area contributed by atoms with Gasteiger partial charge < -0.3 is 5.32 Å². The lowest BCUT2D eigenvalue weighted by atomic mass is 9.86. The number of nitrogens with zero attached hydrogens (tertiary/aromatic N) is 2. The summed E-state index contributed by atoms with van der Waals surface area (Å²) in [4.78, 5) is 12.4. The van der Waals surface area contributed by atoms with Crippen molar-refractivity contribution in [3.05, 3.63) is 51.9 Å². The lowest BCUT2D eigenvalue weighted by Gasteiger charge is -2.30. The summed E-state index contributed by atoms with van der Waals surface area (Å²) in [5.41, 5.74) is 1.06. The highest BCUT2D eigenvalue weighted by Crippen LogP contribution is 2.28. The van der Waals surface area contributed by atoms with Gasteiger partial charge in [0.15, 0.2) is 0 Å². The lowest BCUT2D eigenvalue weighted by Crippen LogP contribution is -2.32. The van der Waals surface area contributed by atoms with E-state index in [9.17, 15) is 4.79 Å². The van der Waals surface area contributed by atoms with Crippen LogP contribution in [-0.2, 0) is 0 Å². The Labute approximate surface area is 135 Å². The van der Waals surface area contributed by atoms with E-state index in [-0.39, 0.29) is 10.6 Å². The normalized spacial score (nSPS) is 21.5. The molecule has 0 spiro atoms. The third-order valence-electron chi connectivity index (χ3n) is 4.37. The van der Waals surface area contributed by atoms with Crippen molar-refractivity contribution in [3.8, 4) is 5.69 Å². The zero-order chi connectivity index (χ0) is 15.5. The van der Waals surface area contributed by atoms with Gasteiger partial charge in [-0.1, -0.05) is 49.6 Å². The Balaban J connectivity index is 1.88. The van der Waals surface area contributed by atoms with Gasteiger partial charge in [0.1, 0.15) is 5.02 Å². The summed E-state index contributed by atoms with van der Waals surface area (Å²) in [6, 6.07) is 9.67. The highest BCUT2D eigenvalue weighted by molar-refractivity contribution is 6.32. The number of hydrogen-bond acceptors (Lipinski definition) is 3. The van der Waals surface area contributed by atoms with E-state index in [2.05, 4.69) is 17.3 Å². The van der Waals surface area contributed by atoms with E-state index in [0.29, 0.717) is 23.3 Å². The van der Waals surface area contributed by atoms with Gasteiger partial charge in [0.25, 0.3) is 5.56 Å². The second-order valence-corrected chi connectivity index (χ2v) is 6.32. The molecule has 0 radical (unpaired) electrons. The second-order valence-electron chi connectivity index (χ2n) is 5.94. The van der Waals surface area contributed by atoms with Crippen LogP contribution in [0.1, 0.15) is 32.6 Å². The number of hydrogen-bond donors (Lipinski definition) is 1. The van der Waals surface area contributed by atoms with Crippen LogP contribution < -0.4 is 10.9 Å². The molecule has 1 aromatic heterocycles. The van der Waals surface area contributed by atoms with Crippen molar-refractivity contribution < 1.29 is 0 Å². The summed E-state index contributed by atoms with van der Waals surface area (Å²) >= 11 is 6.28. The summed E-state index contributed by atoms with van der Waals surface area (Å²) in [5, 5.41) is 7.87. The van der Waals surface area contributed by atoms with Gasteiger partial charge in [0, 0.05) is 6.04 Å². The van der Waals surface area contributed by atoms with Crippen LogP contribution in [0.15, 0.2) is 41.3 Å². The second kappa shape index (κ2) is 6.53. The zero-order valence-electron chi connectivity index (χ0n) is 12.6. The van der Waals surface area contributed by atoms with Crippen molar-refractivity contribution in [2.45, 2.75) is 38.6 Å². The van der Waals surface area contributed by atoms with Crippen LogP contribution in [-0.4, -0.2) is 15.8 Å². The standard InChI is InChI=1S/C17H20ClN3O/c1-12-7-5-6-10-14(12)20-15-11-19-21(17(22)16(15)18)13-8-3-2-4-9-13/h2-4,8-9,11-12,14,20H,5-7,10H2,1H3. The Bertz CT molecular complexity index is 699. The quantitative estimate of drug-likeness (QED) is 0.934. The maximum Gasteiger partial charge on any atom is 0.292 e. The Morgan fingerprint density at radius 2 is 1.95 bits per heavy atom. The molecule has 1 aliphatic rings. The fourth-order valence-electron chi connectivity index (χ4n) is 3.02. The first-order valence-electron chi connectivity index (χ1n) is 7.76. The lowest BCUT2D eigenvalue weighted by molar-refractivity contribution is 0.349. The fourth-order valence-corrected chi connectivity index (χ4v) is 3.20. The molecule has 1 aliphatic carbocycles. The molecule has 22 heavy (non-hydrogen) atoms. The number of halogens is 1.